The number of benzene rings is 2. The number of aliphatic hydroxyl groups is 1. The number of ether oxygens (including phenoxy) is 2. The minimum Gasteiger partial charge on any atom is -0.491 e. The Morgan fingerprint density at radius 1 is 1.13 bits per heavy atom. The molecule has 30 heavy (non-hydrogen) atoms. The Labute approximate surface area is 174 Å². The highest BCUT2D eigenvalue weighted by Gasteiger charge is 2.55. The minimum absolute atomic E-state index is 0.121. The van der Waals surface area contributed by atoms with Crippen molar-refractivity contribution in [3.05, 3.63) is 64.7 Å². The molecule has 7 nitrogen and oxygen atoms in total. The van der Waals surface area contributed by atoms with E-state index in [1.165, 1.54) is 7.05 Å². The van der Waals surface area contributed by atoms with Crippen LogP contribution >= 0.6 is 0 Å². The maximum atomic E-state index is 13.0. The van der Waals surface area contributed by atoms with Crippen molar-refractivity contribution < 1.29 is 24.2 Å². The zero-order valence-corrected chi connectivity index (χ0v) is 16.7. The first-order valence-electron chi connectivity index (χ1n) is 10.2. The molecule has 156 valence electrons. The van der Waals surface area contributed by atoms with Gasteiger partial charge in [0, 0.05) is 36.1 Å². The summed E-state index contributed by atoms with van der Waals surface area (Å²) < 4.78 is 11.3. The Morgan fingerprint density at radius 2 is 1.87 bits per heavy atom. The number of fused-ring (bicyclic) bond motifs is 2. The monoisotopic (exact) mass is 408 g/mol. The van der Waals surface area contributed by atoms with E-state index in [-0.39, 0.29) is 31.1 Å². The summed E-state index contributed by atoms with van der Waals surface area (Å²) in [4.78, 5) is 25.6. The predicted octanol–water partition coefficient (Wildman–Crippen LogP) is 1.09. The summed E-state index contributed by atoms with van der Waals surface area (Å²) in [7, 11) is 1.54. The molecule has 1 saturated carbocycles. The second-order valence-electron chi connectivity index (χ2n) is 8.24. The quantitative estimate of drug-likeness (QED) is 0.688. The molecule has 0 spiro atoms. The van der Waals surface area contributed by atoms with Crippen LogP contribution in [-0.4, -0.2) is 56.4 Å². The summed E-state index contributed by atoms with van der Waals surface area (Å²) in [6.07, 6.45) is 0. The van der Waals surface area contributed by atoms with Crippen molar-refractivity contribution in [2.45, 2.75) is 11.5 Å². The van der Waals surface area contributed by atoms with Crippen molar-refractivity contribution in [1.29, 1.82) is 0 Å². The Hall–Kier alpha value is -2.90. The number of rotatable bonds is 5. The Bertz CT molecular complexity index is 998. The van der Waals surface area contributed by atoms with Crippen LogP contribution in [0, 0.1) is 11.8 Å². The van der Waals surface area contributed by atoms with Crippen molar-refractivity contribution in [3.63, 3.8) is 0 Å². The summed E-state index contributed by atoms with van der Waals surface area (Å²) in [5, 5.41) is 16.1. The first-order chi connectivity index (χ1) is 14.6. The molecule has 1 unspecified atom stereocenters. The second-order valence-corrected chi connectivity index (χ2v) is 8.24. The van der Waals surface area contributed by atoms with Crippen LogP contribution < -0.4 is 15.4 Å². The number of aliphatic hydroxyl groups excluding tert-OH is 1. The third kappa shape index (κ3) is 2.80. The molecule has 3 N–H and O–H groups in total. The zero-order chi connectivity index (χ0) is 20.9. The van der Waals surface area contributed by atoms with Gasteiger partial charge in [0.15, 0.2) is 0 Å². The molecule has 3 aliphatic rings. The fourth-order valence-electron chi connectivity index (χ4n) is 4.75. The summed E-state index contributed by atoms with van der Waals surface area (Å²) in [5.41, 5.74) is 1.38. The first-order valence-corrected chi connectivity index (χ1v) is 10.2. The highest BCUT2D eigenvalue weighted by Crippen LogP contribution is 2.47. The van der Waals surface area contributed by atoms with Gasteiger partial charge in [-0.1, -0.05) is 30.3 Å². The topological polar surface area (TPSA) is 96.9 Å². The Balaban J connectivity index is 1.57. The predicted molar refractivity (Wildman–Crippen MR) is 109 cm³/mol. The van der Waals surface area contributed by atoms with E-state index in [2.05, 4.69) is 10.6 Å². The Morgan fingerprint density at radius 3 is 2.53 bits per heavy atom. The molecule has 0 bridgehead atoms. The summed E-state index contributed by atoms with van der Waals surface area (Å²) >= 11 is 0. The van der Waals surface area contributed by atoms with E-state index < -0.39 is 5.41 Å². The lowest BCUT2D eigenvalue weighted by Crippen LogP contribution is -2.34. The smallest absolute Gasteiger partial charge is 0.254 e. The summed E-state index contributed by atoms with van der Waals surface area (Å²) in [6, 6.07) is 13.0. The molecule has 2 heterocycles. The van der Waals surface area contributed by atoms with Crippen LogP contribution in [0.15, 0.2) is 42.5 Å². The Kier molecular flexibility index (Phi) is 4.52. The molecule has 1 aliphatic carbocycles. The van der Waals surface area contributed by atoms with Gasteiger partial charge in [0.05, 0.1) is 30.8 Å². The molecule has 0 aromatic heterocycles. The standard InChI is InChI=1S/C23H24N2O5/c1-24-22(28)15-7-13(21(27)25-19-16-9-29-10-17(16)19)8-18-20(15)30-12-23(18,11-26)14-5-3-2-4-6-14/h2-8,16-17,19,26H,9-12H2,1H3,(H,24,28)(H,25,27)/t16-,17+,19+,23?. The van der Waals surface area contributed by atoms with E-state index >= 15 is 0 Å². The van der Waals surface area contributed by atoms with Gasteiger partial charge in [-0.15, -0.1) is 0 Å². The SMILES string of the molecule is CNC(=O)c1cc(C(=O)N[C@H]2[C@@H]3COC[C@@H]32)cc2c1OCC2(CO)c1ccccc1. The van der Waals surface area contributed by atoms with Gasteiger partial charge in [-0.3, -0.25) is 9.59 Å². The fraction of sp³-hybridized carbons (Fsp3) is 0.391. The lowest BCUT2D eigenvalue weighted by molar-refractivity contribution is 0.0928. The average Bonchev–Trinajstić information content (AvgIpc) is 3.14. The third-order valence-electron chi connectivity index (χ3n) is 6.65. The van der Waals surface area contributed by atoms with Crippen LogP contribution in [-0.2, 0) is 10.2 Å². The largest absolute Gasteiger partial charge is 0.491 e. The number of carbonyl (C=O) groups excluding carboxylic acids is 2. The second kappa shape index (κ2) is 7.11. The molecule has 2 aromatic rings. The lowest BCUT2D eigenvalue weighted by atomic mass is 9.76. The number of nitrogens with one attached hydrogen (secondary N) is 2. The summed E-state index contributed by atoms with van der Waals surface area (Å²) in [6.45, 7) is 1.35. The summed E-state index contributed by atoms with van der Waals surface area (Å²) in [5.74, 6) is 0.617. The molecule has 2 aliphatic heterocycles. The third-order valence-corrected chi connectivity index (χ3v) is 6.65. The number of hydrogen-bond donors (Lipinski definition) is 3. The van der Waals surface area contributed by atoms with Crippen molar-refractivity contribution in [2.75, 3.05) is 33.5 Å². The molecule has 2 aromatic carbocycles. The zero-order valence-electron chi connectivity index (χ0n) is 16.7. The van der Waals surface area contributed by atoms with Crippen LogP contribution in [0.5, 0.6) is 5.75 Å². The first kappa shape index (κ1) is 19.1. The lowest BCUT2D eigenvalue weighted by Gasteiger charge is -2.26. The molecule has 0 radical (unpaired) electrons. The normalized spacial score (nSPS) is 28.3. The van der Waals surface area contributed by atoms with Crippen LogP contribution in [0.1, 0.15) is 31.8 Å². The highest BCUT2D eigenvalue weighted by atomic mass is 16.5. The number of hydrogen-bond acceptors (Lipinski definition) is 5. The highest BCUT2D eigenvalue weighted by molar-refractivity contribution is 6.02. The van der Waals surface area contributed by atoms with Gasteiger partial charge < -0.3 is 25.2 Å². The van der Waals surface area contributed by atoms with Gasteiger partial charge in [0.2, 0.25) is 0 Å². The van der Waals surface area contributed by atoms with Crippen LogP contribution in [0.4, 0.5) is 0 Å². The molecular formula is C23H24N2O5. The number of carbonyl (C=O) groups is 2. The van der Waals surface area contributed by atoms with E-state index in [1.54, 1.807) is 12.1 Å². The van der Waals surface area contributed by atoms with E-state index in [9.17, 15) is 14.7 Å². The minimum atomic E-state index is -0.834. The van der Waals surface area contributed by atoms with Crippen molar-refractivity contribution >= 4 is 11.8 Å². The van der Waals surface area contributed by atoms with E-state index in [0.29, 0.717) is 47.5 Å². The average molecular weight is 408 g/mol. The van der Waals surface area contributed by atoms with E-state index in [0.717, 1.165) is 5.56 Å². The molecule has 2 fully saturated rings. The van der Waals surface area contributed by atoms with Crippen LogP contribution in [0.25, 0.3) is 0 Å². The van der Waals surface area contributed by atoms with Gasteiger partial charge in [-0.2, -0.15) is 0 Å². The van der Waals surface area contributed by atoms with Gasteiger partial charge in [-0.25, -0.2) is 0 Å². The molecule has 2 amide bonds. The fourth-order valence-corrected chi connectivity index (χ4v) is 4.75. The molecular weight excluding hydrogens is 384 g/mol. The van der Waals surface area contributed by atoms with E-state index in [1.807, 2.05) is 30.3 Å². The van der Waals surface area contributed by atoms with Crippen molar-refractivity contribution in [3.8, 4) is 5.75 Å². The van der Waals surface area contributed by atoms with Gasteiger partial charge in [0.25, 0.3) is 11.8 Å². The molecule has 1 saturated heterocycles. The molecule has 4 atom stereocenters. The van der Waals surface area contributed by atoms with Crippen molar-refractivity contribution in [2.24, 2.45) is 11.8 Å². The maximum absolute atomic E-state index is 13.0. The van der Waals surface area contributed by atoms with Gasteiger partial charge in [0.1, 0.15) is 12.4 Å². The maximum Gasteiger partial charge on any atom is 0.254 e. The molecule has 5 rings (SSSR count). The van der Waals surface area contributed by atoms with Gasteiger partial charge in [-0.05, 0) is 17.7 Å². The van der Waals surface area contributed by atoms with E-state index in [4.69, 9.17) is 9.47 Å². The van der Waals surface area contributed by atoms with Crippen molar-refractivity contribution in [1.82, 2.24) is 10.6 Å². The molecule has 7 heteroatoms. The number of amides is 2. The van der Waals surface area contributed by atoms with Gasteiger partial charge >= 0.3 is 0 Å². The van der Waals surface area contributed by atoms with Crippen LogP contribution in [0.3, 0.4) is 0 Å². The van der Waals surface area contributed by atoms with Crippen LogP contribution in [0.2, 0.25) is 0 Å².